The van der Waals surface area contributed by atoms with Crippen LogP contribution < -0.4 is 9.47 Å². The Morgan fingerprint density at radius 2 is 1.85 bits per heavy atom. The van der Waals surface area contributed by atoms with Crippen molar-refractivity contribution in [3.05, 3.63) is 53.5 Å². The summed E-state index contributed by atoms with van der Waals surface area (Å²) in [5.41, 5.74) is 6.55. The van der Waals surface area contributed by atoms with Crippen LogP contribution in [0.5, 0.6) is 11.5 Å². The molecule has 2 aromatic heterocycles. The number of hydrogen-bond acceptors (Lipinski definition) is 4. The van der Waals surface area contributed by atoms with Gasteiger partial charge < -0.3 is 14.0 Å². The smallest absolute Gasteiger partial charge is 0.163 e. The SMILES string of the molecule is COc1cc(-c2nscc2-c2ccc3c(ccn3C)c2)cc(C)c1OC. The Bertz CT molecular complexity index is 1090. The van der Waals surface area contributed by atoms with E-state index in [0.29, 0.717) is 0 Å². The van der Waals surface area contributed by atoms with Gasteiger partial charge in [0.05, 0.1) is 19.9 Å². The molecule has 0 bridgehead atoms. The molecule has 0 spiro atoms. The minimum Gasteiger partial charge on any atom is -0.493 e. The summed E-state index contributed by atoms with van der Waals surface area (Å²) in [6.07, 6.45) is 2.08. The summed E-state index contributed by atoms with van der Waals surface area (Å²) >= 11 is 1.47. The minimum atomic E-state index is 0.722. The molecule has 0 fully saturated rings. The van der Waals surface area contributed by atoms with Gasteiger partial charge in [0, 0.05) is 40.7 Å². The maximum atomic E-state index is 5.51. The summed E-state index contributed by atoms with van der Waals surface area (Å²) in [4.78, 5) is 0. The van der Waals surface area contributed by atoms with E-state index in [0.717, 1.165) is 33.9 Å². The molecule has 132 valence electrons. The monoisotopic (exact) mass is 364 g/mol. The van der Waals surface area contributed by atoms with E-state index in [2.05, 4.69) is 57.9 Å². The summed E-state index contributed by atoms with van der Waals surface area (Å²) in [6, 6.07) is 12.8. The topological polar surface area (TPSA) is 36.3 Å². The van der Waals surface area contributed by atoms with Crippen LogP contribution in [-0.2, 0) is 7.05 Å². The van der Waals surface area contributed by atoms with Crippen molar-refractivity contribution >= 4 is 22.4 Å². The van der Waals surface area contributed by atoms with Crippen LogP contribution >= 0.6 is 11.5 Å². The summed E-state index contributed by atoms with van der Waals surface area (Å²) in [5.74, 6) is 1.48. The molecule has 2 aromatic carbocycles. The standard InChI is InChI=1S/C21H20N2O2S/c1-13-9-16(11-19(24-3)21(13)25-4)20-17(12-26-22-20)14-5-6-18-15(10-14)7-8-23(18)2/h5-12H,1-4H3. The average Bonchev–Trinajstić information content (AvgIpc) is 3.28. The van der Waals surface area contributed by atoms with Crippen LogP contribution in [0.15, 0.2) is 48.0 Å². The molecule has 0 unspecified atom stereocenters. The second-order valence-corrected chi connectivity index (χ2v) is 6.93. The molecule has 26 heavy (non-hydrogen) atoms. The first-order valence-corrected chi connectivity index (χ1v) is 9.19. The van der Waals surface area contributed by atoms with E-state index in [-0.39, 0.29) is 0 Å². The van der Waals surface area contributed by atoms with Crippen molar-refractivity contribution in [3.8, 4) is 33.9 Å². The van der Waals surface area contributed by atoms with Gasteiger partial charge in [0.1, 0.15) is 0 Å². The molecular weight excluding hydrogens is 344 g/mol. The summed E-state index contributed by atoms with van der Waals surface area (Å²) in [7, 11) is 5.38. The summed E-state index contributed by atoms with van der Waals surface area (Å²) < 4.78 is 17.8. The van der Waals surface area contributed by atoms with Crippen molar-refractivity contribution in [2.24, 2.45) is 7.05 Å². The normalized spacial score (nSPS) is 11.1. The number of methoxy groups -OCH3 is 2. The highest BCUT2D eigenvalue weighted by Gasteiger charge is 2.16. The number of ether oxygens (including phenoxy) is 2. The van der Waals surface area contributed by atoms with Gasteiger partial charge in [0.2, 0.25) is 0 Å². The van der Waals surface area contributed by atoms with Crippen molar-refractivity contribution in [2.45, 2.75) is 6.92 Å². The molecule has 5 heteroatoms. The number of benzene rings is 2. The van der Waals surface area contributed by atoms with Crippen LogP contribution in [0, 0.1) is 6.92 Å². The second kappa shape index (κ2) is 6.50. The molecule has 0 aliphatic heterocycles. The first-order valence-electron chi connectivity index (χ1n) is 8.35. The summed E-state index contributed by atoms with van der Waals surface area (Å²) in [5, 5.41) is 3.33. The van der Waals surface area contributed by atoms with E-state index in [1.807, 2.05) is 13.0 Å². The fourth-order valence-corrected chi connectivity index (χ4v) is 4.11. The predicted molar refractivity (Wildman–Crippen MR) is 107 cm³/mol. The Morgan fingerprint density at radius 3 is 2.62 bits per heavy atom. The largest absolute Gasteiger partial charge is 0.493 e. The van der Waals surface area contributed by atoms with Gasteiger partial charge in [0.15, 0.2) is 11.5 Å². The number of aromatic nitrogens is 2. The number of fused-ring (bicyclic) bond motifs is 1. The maximum Gasteiger partial charge on any atom is 0.163 e. The first kappa shape index (κ1) is 16.7. The van der Waals surface area contributed by atoms with Crippen LogP contribution in [0.2, 0.25) is 0 Å². The van der Waals surface area contributed by atoms with Gasteiger partial charge in [-0.15, -0.1) is 0 Å². The van der Waals surface area contributed by atoms with E-state index in [1.54, 1.807) is 14.2 Å². The Kier molecular flexibility index (Phi) is 4.17. The zero-order chi connectivity index (χ0) is 18.3. The van der Waals surface area contributed by atoms with Gasteiger partial charge in [-0.1, -0.05) is 6.07 Å². The Balaban J connectivity index is 1.85. The third kappa shape index (κ3) is 2.65. The first-order chi connectivity index (χ1) is 12.6. The van der Waals surface area contributed by atoms with E-state index in [9.17, 15) is 0 Å². The van der Waals surface area contributed by atoms with E-state index in [4.69, 9.17) is 9.47 Å². The highest BCUT2D eigenvalue weighted by Crippen LogP contribution is 2.40. The molecule has 4 nitrogen and oxygen atoms in total. The zero-order valence-electron chi connectivity index (χ0n) is 15.2. The molecule has 0 saturated carbocycles. The molecule has 4 rings (SSSR count). The van der Waals surface area contributed by atoms with E-state index in [1.165, 1.54) is 28.0 Å². The number of hydrogen-bond donors (Lipinski definition) is 0. The lowest BCUT2D eigenvalue weighted by atomic mass is 9.99. The molecule has 0 amide bonds. The second-order valence-electron chi connectivity index (χ2n) is 6.31. The van der Waals surface area contributed by atoms with Gasteiger partial charge in [-0.05, 0) is 59.9 Å². The molecule has 0 aliphatic rings. The fraction of sp³-hybridized carbons (Fsp3) is 0.190. The van der Waals surface area contributed by atoms with Crippen LogP contribution in [-0.4, -0.2) is 23.2 Å². The molecule has 4 aromatic rings. The Hall–Kier alpha value is -2.79. The van der Waals surface area contributed by atoms with Crippen LogP contribution in [0.3, 0.4) is 0 Å². The van der Waals surface area contributed by atoms with E-state index < -0.39 is 0 Å². The Labute approximate surface area is 156 Å². The highest BCUT2D eigenvalue weighted by molar-refractivity contribution is 7.04. The third-order valence-electron chi connectivity index (χ3n) is 4.70. The molecule has 0 radical (unpaired) electrons. The van der Waals surface area contributed by atoms with Gasteiger partial charge in [-0.2, -0.15) is 4.37 Å². The van der Waals surface area contributed by atoms with Gasteiger partial charge in [-0.25, -0.2) is 0 Å². The van der Waals surface area contributed by atoms with Gasteiger partial charge >= 0.3 is 0 Å². The van der Waals surface area contributed by atoms with Crippen LogP contribution in [0.25, 0.3) is 33.3 Å². The lowest BCUT2D eigenvalue weighted by molar-refractivity contribution is 0.353. The molecule has 2 heterocycles. The van der Waals surface area contributed by atoms with Crippen molar-refractivity contribution in [3.63, 3.8) is 0 Å². The van der Waals surface area contributed by atoms with E-state index >= 15 is 0 Å². The molecule has 0 N–H and O–H groups in total. The lowest BCUT2D eigenvalue weighted by Gasteiger charge is -2.13. The molecule has 0 aliphatic carbocycles. The van der Waals surface area contributed by atoms with Crippen molar-refractivity contribution in [1.82, 2.24) is 8.94 Å². The third-order valence-corrected chi connectivity index (χ3v) is 5.33. The summed E-state index contributed by atoms with van der Waals surface area (Å²) in [6.45, 7) is 2.02. The number of rotatable bonds is 4. The van der Waals surface area contributed by atoms with Crippen molar-refractivity contribution < 1.29 is 9.47 Å². The van der Waals surface area contributed by atoms with Crippen LogP contribution in [0.1, 0.15) is 5.56 Å². The van der Waals surface area contributed by atoms with Gasteiger partial charge in [-0.3, -0.25) is 0 Å². The number of aryl methyl sites for hydroxylation is 2. The van der Waals surface area contributed by atoms with Crippen molar-refractivity contribution in [2.75, 3.05) is 14.2 Å². The minimum absolute atomic E-state index is 0.722. The Morgan fingerprint density at radius 1 is 1.00 bits per heavy atom. The average molecular weight is 364 g/mol. The fourth-order valence-electron chi connectivity index (χ4n) is 3.39. The number of nitrogens with zero attached hydrogens (tertiary/aromatic N) is 2. The molecule has 0 saturated heterocycles. The quantitative estimate of drug-likeness (QED) is 0.493. The molecular formula is C21H20N2O2S. The zero-order valence-corrected chi connectivity index (χ0v) is 16.1. The lowest BCUT2D eigenvalue weighted by Crippen LogP contribution is -1.94. The van der Waals surface area contributed by atoms with Crippen molar-refractivity contribution in [1.29, 1.82) is 0 Å². The van der Waals surface area contributed by atoms with Gasteiger partial charge in [0.25, 0.3) is 0 Å². The highest BCUT2D eigenvalue weighted by atomic mass is 32.1. The maximum absolute atomic E-state index is 5.51. The predicted octanol–water partition coefficient (Wildman–Crippen LogP) is 5.29. The van der Waals surface area contributed by atoms with Crippen LogP contribution in [0.4, 0.5) is 0 Å². The molecule has 0 atom stereocenters.